The van der Waals surface area contributed by atoms with E-state index in [4.69, 9.17) is 22.0 Å². The van der Waals surface area contributed by atoms with E-state index in [0.717, 1.165) is 11.4 Å². The van der Waals surface area contributed by atoms with Gasteiger partial charge in [-0.05, 0) is 0 Å². The Morgan fingerprint density at radius 2 is 1.32 bits per heavy atom. The zero-order chi connectivity index (χ0) is 20.8. The summed E-state index contributed by atoms with van der Waals surface area (Å²) in [5, 5.41) is 24.5. The first-order valence-electron chi connectivity index (χ1n) is 8.56. The van der Waals surface area contributed by atoms with Crippen LogP contribution >= 0.6 is 0 Å². The molecule has 0 aliphatic heterocycles. The Hall–Kier alpha value is -3.48. The number of nitrogens with one attached hydrogen (secondary N) is 2. The smallest absolute Gasteiger partial charge is 0.204 e. The Bertz CT molecular complexity index is 682. The highest BCUT2D eigenvalue weighted by Crippen LogP contribution is 2.01. The number of rotatable bonds is 10. The number of nitrogens with zero attached hydrogens (tertiary/aromatic N) is 8. The van der Waals surface area contributed by atoms with Crippen LogP contribution in [0.2, 0.25) is 0 Å². The molecule has 12 nitrogen and oxygen atoms in total. The topological polar surface area (TPSA) is 181 Å². The van der Waals surface area contributed by atoms with Gasteiger partial charge in [-0.25, -0.2) is 9.80 Å². The van der Waals surface area contributed by atoms with E-state index in [-0.39, 0.29) is 11.9 Å². The summed E-state index contributed by atoms with van der Waals surface area (Å²) >= 11 is 0. The second kappa shape index (κ2) is 12.8. The van der Waals surface area contributed by atoms with Gasteiger partial charge in [-0.2, -0.15) is 10.5 Å². The number of nitriles is 2. The van der Waals surface area contributed by atoms with Crippen LogP contribution in [-0.4, -0.2) is 72.0 Å². The van der Waals surface area contributed by atoms with Crippen LogP contribution in [0.4, 0.5) is 0 Å². The molecule has 28 heavy (non-hydrogen) atoms. The molecule has 0 atom stereocenters. The average Bonchev–Trinajstić information content (AvgIpc) is 2.73. The number of guanidine groups is 2. The largest absolute Gasteiger partial charge is 0.369 e. The minimum Gasteiger partial charge on any atom is -0.369 e. The fourth-order valence-electron chi connectivity index (χ4n) is 2.16. The summed E-state index contributed by atoms with van der Waals surface area (Å²) in [5.41, 5.74) is 12.8. The van der Waals surface area contributed by atoms with Crippen molar-refractivity contribution in [1.29, 1.82) is 10.5 Å². The van der Waals surface area contributed by atoms with Gasteiger partial charge in [0.15, 0.2) is 12.4 Å². The number of aromatic nitrogens is 2. The zero-order valence-corrected chi connectivity index (χ0v) is 16.1. The maximum atomic E-state index is 9.03. The summed E-state index contributed by atoms with van der Waals surface area (Å²) in [5.74, 6) is 0.350. The first kappa shape index (κ1) is 22.6. The Balaban J connectivity index is 2.46. The molecular formula is C16H26N12. The molecule has 0 bridgehead atoms. The molecule has 0 aromatic carbocycles. The molecule has 0 unspecified atom stereocenters. The van der Waals surface area contributed by atoms with Crippen molar-refractivity contribution in [1.82, 2.24) is 30.4 Å². The molecule has 6 N–H and O–H groups in total. The van der Waals surface area contributed by atoms with Crippen LogP contribution in [0.15, 0.2) is 22.4 Å². The van der Waals surface area contributed by atoms with Crippen molar-refractivity contribution in [2.45, 2.75) is 13.1 Å². The predicted octanol–water partition coefficient (Wildman–Crippen LogP) is -1.89. The molecule has 1 rings (SSSR count). The van der Waals surface area contributed by atoms with E-state index in [1.807, 2.05) is 12.4 Å². The molecule has 0 saturated carbocycles. The molecule has 0 aliphatic carbocycles. The van der Waals surface area contributed by atoms with Gasteiger partial charge in [-0.3, -0.25) is 20.0 Å². The number of aliphatic imine (C=N–C) groups is 2. The lowest BCUT2D eigenvalue weighted by Gasteiger charge is -2.15. The Morgan fingerprint density at radius 1 is 0.929 bits per heavy atom. The van der Waals surface area contributed by atoms with E-state index in [1.54, 1.807) is 12.4 Å². The van der Waals surface area contributed by atoms with Crippen LogP contribution in [0.3, 0.4) is 0 Å². The normalized spacial score (nSPS) is 11.6. The van der Waals surface area contributed by atoms with Gasteiger partial charge in [0.05, 0.1) is 11.4 Å². The van der Waals surface area contributed by atoms with Crippen LogP contribution in [-0.2, 0) is 13.1 Å². The SMILES string of the molecule is CN=C(N)N(C#N)CCNCc1nccnc1CNCCN(C#N)C(N)=NC. The second-order valence-corrected chi connectivity index (χ2v) is 5.47. The van der Waals surface area contributed by atoms with E-state index in [0.29, 0.717) is 39.3 Å². The molecule has 150 valence electrons. The Morgan fingerprint density at radius 3 is 1.64 bits per heavy atom. The lowest BCUT2D eigenvalue weighted by atomic mass is 10.3. The molecule has 0 radical (unpaired) electrons. The molecule has 1 aromatic rings. The molecule has 12 heteroatoms. The van der Waals surface area contributed by atoms with Crippen molar-refractivity contribution in [2.24, 2.45) is 21.5 Å². The van der Waals surface area contributed by atoms with Crippen molar-refractivity contribution < 1.29 is 0 Å². The van der Waals surface area contributed by atoms with Gasteiger partial charge in [-0.1, -0.05) is 0 Å². The van der Waals surface area contributed by atoms with Gasteiger partial charge in [0, 0.05) is 65.8 Å². The molecule has 1 heterocycles. The first-order valence-corrected chi connectivity index (χ1v) is 8.56. The van der Waals surface area contributed by atoms with Crippen molar-refractivity contribution >= 4 is 11.9 Å². The van der Waals surface area contributed by atoms with Crippen molar-refractivity contribution in [3.63, 3.8) is 0 Å². The molecule has 0 fully saturated rings. The van der Waals surface area contributed by atoms with Crippen molar-refractivity contribution in [3.8, 4) is 12.4 Å². The molecule has 0 aliphatic rings. The summed E-state index contributed by atoms with van der Waals surface area (Å²) in [6, 6.07) is 0. The number of hydrogen-bond acceptors (Lipinski definition) is 8. The molecule has 1 aromatic heterocycles. The van der Waals surface area contributed by atoms with Gasteiger partial charge < -0.3 is 22.1 Å². The van der Waals surface area contributed by atoms with Gasteiger partial charge in [0.25, 0.3) is 0 Å². The lowest BCUT2D eigenvalue weighted by molar-refractivity contribution is 0.515. The standard InChI is InChI=1S/C16H26N12/c1-21-15(19)27(11-17)7-5-23-9-13-14(26-4-3-25-13)10-24-6-8-28(12-18)16(20)22-2/h3-4,23-24H,5-10H2,1-2H3,(H2,19,21)(H2,20,22). The lowest BCUT2D eigenvalue weighted by Crippen LogP contribution is -2.38. The highest BCUT2D eigenvalue weighted by atomic mass is 15.3. The average molecular weight is 386 g/mol. The monoisotopic (exact) mass is 386 g/mol. The quantitative estimate of drug-likeness (QED) is 0.117. The van der Waals surface area contributed by atoms with Gasteiger partial charge in [0.2, 0.25) is 11.9 Å². The zero-order valence-electron chi connectivity index (χ0n) is 16.1. The maximum absolute atomic E-state index is 9.03. The summed E-state index contributed by atoms with van der Waals surface area (Å²) in [4.78, 5) is 18.9. The second-order valence-electron chi connectivity index (χ2n) is 5.47. The third-order valence-corrected chi connectivity index (χ3v) is 3.72. The van der Waals surface area contributed by atoms with Crippen molar-refractivity contribution in [3.05, 3.63) is 23.8 Å². The Labute approximate surface area is 164 Å². The third-order valence-electron chi connectivity index (χ3n) is 3.72. The summed E-state index contributed by atoms with van der Waals surface area (Å²) in [6.07, 6.45) is 7.21. The minimum absolute atomic E-state index is 0.175. The number of nitrogens with two attached hydrogens (primary N) is 2. The number of hydrogen-bond donors (Lipinski definition) is 4. The maximum Gasteiger partial charge on any atom is 0.204 e. The fraction of sp³-hybridized carbons (Fsp3) is 0.500. The highest BCUT2D eigenvalue weighted by Gasteiger charge is 2.09. The van der Waals surface area contributed by atoms with Gasteiger partial charge in [0.1, 0.15) is 0 Å². The van der Waals surface area contributed by atoms with Crippen LogP contribution < -0.4 is 22.1 Å². The summed E-state index contributed by atoms with van der Waals surface area (Å²) < 4.78 is 0. The third kappa shape index (κ3) is 7.41. The van der Waals surface area contributed by atoms with E-state index in [1.165, 1.54) is 23.9 Å². The Kier molecular flexibility index (Phi) is 10.3. The summed E-state index contributed by atoms with van der Waals surface area (Å²) in [7, 11) is 3.07. The van der Waals surface area contributed by atoms with E-state index < -0.39 is 0 Å². The van der Waals surface area contributed by atoms with E-state index in [9.17, 15) is 0 Å². The minimum atomic E-state index is 0.175. The summed E-state index contributed by atoms with van der Waals surface area (Å²) in [6.45, 7) is 2.84. The van der Waals surface area contributed by atoms with Crippen LogP contribution in [0.1, 0.15) is 11.4 Å². The van der Waals surface area contributed by atoms with E-state index >= 15 is 0 Å². The molecule has 0 amide bonds. The van der Waals surface area contributed by atoms with Crippen LogP contribution in [0.5, 0.6) is 0 Å². The van der Waals surface area contributed by atoms with Crippen LogP contribution in [0, 0.1) is 22.9 Å². The van der Waals surface area contributed by atoms with Gasteiger partial charge >= 0.3 is 0 Å². The van der Waals surface area contributed by atoms with Crippen molar-refractivity contribution in [2.75, 3.05) is 40.3 Å². The molecular weight excluding hydrogens is 360 g/mol. The van der Waals surface area contributed by atoms with E-state index in [2.05, 4.69) is 30.6 Å². The fourth-order valence-corrected chi connectivity index (χ4v) is 2.16. The van der Waals surface area contributed by atoms with Crippen LogP contribution in [0.25, 0.3) is 0 Å². The highest BCUT2D eigenvalue weighted by molar-refractivity contribution is 5.79. The first-order chi connectivity index (χ1) is 13.6. The molecule has 0 spiro atoms. The molecule has 0 saturated heterocycles. The predicted molar refractivity (Wildman–Crippen MR) is 105 cm³/mol. The van der Waals surface area contributed by atoms with Gasteiger partial charge in [-0.15, -0.1) is 0 Å².